The highest BCUT2D eigenvalue weighted by molar-refractivity contribution is 9.10. The topological polar surface area (TPSA) is 25.2 Å². The van der Waals surface area contributed by atoms with Gasteiger partial charge in [-0.2, -0.15) is 0 Å². The molecule has 2 rings (SSSR count). The van der Waals surface area contributed by atoms with Crippen LogP contribution in [-0.2, 0) is 6.42 Å². The highest BCUT2D eigenvalue weighted by Gasteiger charge is 2.15. The molecule has 0 aromatic carbocycles. The van der Waals surface area contributed by atoms with E-state index in [1.807, 2.05) is 6.07 Å². The maximum atomic E-state index is 5.34. The van der Waals surface area contributed by atoms with Gasteiger partial charge >= 0.3 is 0 Å². The minimum atomic E-state index is 0.628. The van der Waals surface area contributed by atoms with Crippen LogP contribution < -0.4 is 5.32 Å². The van der Waals surface area contributed by atoms with Crippen molar-refractivity contribution in [3.05, 3.63) is 22.6 Å². The van der Waals surface area contributed by atoms with E-state index in [1.54, 1.807) is 6.26 Å². The summed E-state index contributed by atoms with van der Waals surface area (Å²) in [4.78, 5) is 0. The van der Waals surface area contributed by atoms with Crippen molar-refractivity contribution in [3.8, 4) is 0 Å². The predicted molar refractivity (Wildman–Crippen MR) is 51.1 cm³/mol. The van der Waals surface area contributed by atoms with Crippen LogP contribution in [0.4, 0.5) is 0 Å². The summed E-state index contributed by atoms with van der Waals surface area (Å²) in [5.74, 6) is 1.07. The average molecular weight is 230 g/mol. The maximum Gasteiger partial charge on any atom is 0.106 e. The summed E-state index contributed by atoms with van der Waals surface area (Å²) >= 11 is 3.37. The van der Waals surface area contributed by atoms with Crippen molar-refractivity contribution >= 4 is 15.9 Å². The largest absolute Gasteiger partial charge is 0.468 e. The van der Waals surface area contributed by atoms with E-state index in [2.05, 4.69) is 21.2 Å². The van der Waals surface area contributed by atoms with E-state index in [9.17, 15) is 0 Å². The van der Waals surface area contributed by atoms with E-state index in [4.69, 9.17) is 4.42 Å². The number of nitrogens with one attached hydrogen (secondary N) is 1. The van der Waals surface area contributed by atoms with Gasteiger partial charge in [0, 0.05) is 12.5 Å². The molecule has 0 amide bonds. The van der Waals surface area contributed by atoms with Gasteiger partial charge in [0.2, 0.25) is 0 Å². The molecule has 1 fully saturated rings. The van der Waals surface area contributed by atoms with Gasteiger partial charge in [-0.3, -0.25) is 0 Å². The lowest BCUT2D eigenvalue weighted by Gasteiger charge is -2.06. The summed E-state index contributed by atoms with van der Waals surface area (Å²) in [5, 5.41) is 3.44. The molecule has 1 N–H and O–H groups in total. The first-order chi connectivity index (χ1) is 5.84. The second-order valence-corrected chi connectivity index (χ2v) is 4.14. The van der Waals surface area contributed by atoms with Crippen LogP contribution in [0.25, 0.3) is 0 Å². The van der Waals surface area contributed by atoms with Crippen LogP contribution >= 0.6 is 15.9 Å². The Balaban J connectivity index is 1.94. The van der Waals surface area contributed by atoms with Crippen LogP contribution in [0.2, 0.25) is 0 Å². The third-order valence-corrected chi connectivity index (χ3v) is 2.65. The molecule has 0 saturated carbocycles. The summed E-state index contributed by atoms with van der Waals surface area (Å²) in [7, 11) is 0. The molecule has 3 heteroatoms. The van der Waals surface area contributed by atoms with E-state index in [-0.39, 0.29) is 0 Å². The number of halogens is 1. The molecule has 2 nitrogen and oxygen atoms in total. The van der Waals surface area contributed by atoms with E-state index in [1.165, 1.54) is 12.8 Å². The monoisotopic (exact) mass is 229 g/mol. The van der Waals surface area contributed by atoms with Crippen molar-refractivity contribution in [1.82, 2.24) is 5.32 Å². The smallest absolute Gasteiger partial charge is 0.106 e. The van der Waals surface area contributed by atoms with Crippen molar-refractivity contribution in [3.63, 3.8) is 0 Å². The Morgan fingerprint density at radius 2 is 2.58 bits per heavy atom. The molecule has 66 valence electrons. The quantitative estimate of drug-likeness (QED) is 0.843. The van der Waals surface area contributed by atoms with E-state index >= 15 is 0 Å². The van der Waals surface area contributed by atoms with Gasteiger partial charge in [0.25, 0.3) is 0 Å². The van der Waals surface area contributed by atoms with Gasteiger partial charge in [0.1, 0.15) is 12.0 Å². The van der Waals surface area contributed by atoms with Gasteiger partial charge < -0.3 is 9.73 Å². The third kappa shape index (κ3) is 1.90. The lowest BCUT2D eigenvalue weighted by molar-refractivity contribution is 0.469. The summed E-state index contributed by atoms with van der Waals surface area (Å²) in [6.45, 7) is 1.16. The number of furan rings is 1. The number of rotatable bonds is 2. The molecule has 1 aliphatic heterocycles. The molecule has 12 heavy (non-hydrogen) atoms. The normalized spacial score (nSPS) is 23.2. The van der Waals surface area contributed by atoms with Gasteiger partial charge in [-0.25, -0.2) is 0 Å². The van der Waals surface area contributed by atoms with Gasteiger partial charge in [-0.05, 0) is 41.4 Å². The van der Waals surface area contributed by atoms with Gasteiger partial charge in [-0.1, -0.05) is 0 Å². The van der Waals surface area contributed by atoms with E-state index in [0.717, 1.165) is 23.2 Å². The predicted octanol–water partition coefficient (Wildman–Crippen LogP) is 2.34. The minimum Gasteiger partial charge on any atom is -0.468 e. The summed E-state index contributed by atoms with van der Waals surface area (Å²) < 4.78 is 6.38. The fourth-order valence-corrected chi connectivity index (χ4v) is 1.98. The van der Waals surface area contributed by atoms with Crippen molar-refractivity contribution < 1.29 is 4.42 Å². The first-order valence-electron chi connectivity index (χ1n) is 4.31. The molecular formula is C9H12BrNO. The Labute approximate surface area is 80.5 Å². The Morgan fingerprint density at radius 3 is 3.17 bits per heavy atom. The Hall–Kier alpha value is -0.280. The SMILES string of the molecule is Brc1coc(CC2CCCN2)c1. The summed E-state index contributed by atoms with van der Waals surface area (Å²) in [6.07, 6.45) is 5.33. The van der Waals surface area contributed by atoms with Crippen molar-refractivity contribution in [2.45, 2.75) is 25.3 Å². The lowest BCUT2D eigenvalue weighted by Crippen LogP contribution is -2.23. The molecular weight excluding hydrogens is 218 g/mol. The van der Waals surface area contributed by atoms with Gasteiger partial charge in [0.05, 0.1) is 4.47 Å². The summed E-state index contributed by atoms with van der Waals surface area (Å²) in [6, 6.07) is 2.67. The average Bonchev–Trinajstić information content (AvgIpc) is 2.63. The van der Waals surface area contributed by atoms with Crippen LogP contribution in [-0.4, -0.2) is 12.6 Å². The molecule has 0 radical (unpaired) electrons. The highest BCUT2D eigenvalue weighted by Crippen LogP contribution is 2.17. The zero-order valence-electron chi connectivity index (χ0n) is 6.85. The second kappa shape index (κ2) is 3.62. The minimum absolute atomic E-state index is 0.628. The third-order valence-electron chi connectivity index (χ3n) is 2.23. The fourth-order valence-electron chi connectivity index (χ4n) is 1.63. The Morgan fingerprint density at radius 1 is 1.67 bits per heavy atom. The molecule has 2 heterocycles. The Kier molecular flexibility index (Phi) is 2.51. The van der Waals surface area contributed by atoms with E-state index < -0.39 is 0 Å². The van der Waals surface area contributed by atoms with Gasteiger partial charge in [-0.15, -0.1) is 0 Å². The zero-order valence-corrected chi connectivity index (χ0v) is 8.43. The second-order valence-electron chi connectivity index (χ2n) is 3.23. The molecule has 1 aliphatic rings. The number of hydrogen-bond donors (Lipinski definition) is 1. The molecule has 1 aromatic rings. The molecule has 0 aliphatic carbocycles. The molecule has 0 bridgehead atoms. The lowest BCUT2D eigenvalue weighted by atomic mass is 10.1. The van der Waals surface area contributed by atoms with Crippen LogP contribution in [0, 0.1) is 0 Å². The fraction of sp³-hybridized carbons (Fsp3) is 0.556. The maximum absolute atomic E-state index is 5.34. The standard InChI is InChI=1S/C9H12BrNO/c10-7-4-9(12-6-7)5-8-2-1-3-11-8/h4,6,8,11H,1-3,5H2. The van der Waals surface area contributed by atoms with Crippen LogP contribution in [0.15, 0.2) is 21.2 Å². The van der Waals surface area contributed by atoms with Gasteiger partial charge in [0.15, 0.2) is 0 Å². The molecule has 0 spiro atoms. The van der Waals surface area contributed by atoms with Crippen LogP contribution in [0.5, 0.6) is 0 Å². The first kappa shape index (κ1) is 8.32. The van der Waals surface area contributed by atoms with Crippen LogP contribution in [0.3, 0.4) is 0 Å². The zero-order chi connectivity index (χ0) is 8.39. The van der Waals surface area contributed by atoms with Crippen LogP contribution in [0.1, 0.15) is 18.6 Å². The molecule has 1 unspecified atom stereocenters. The molecule has 1 saturated heterocycles. The van der Waals surface area contributed by atoms with Crippen molar-refractivity contribution in [2.75, 3.05) is 6.54 Å². The first-order valence-corrected chi connectivity index (χ1v) is 5.10. The van der Waals surface area contributed by atoms with E-state index in [0.29, 0.717) is 6.04 Å². The van der Waals surface area contributed by atoms with Crippen molar-refractivity contribution in [1.29, 1.82) is 0 Å². The van der Waals surface area contributed by atoms with Crippen molar-refractivity contribution in [2.24, 2.45) is 0 Å². The summed E-state index contributed by atoms with van der Waals surface area (Å²) in [5.41, 5.74) is 0. The highest BCUT2D eigenvalue weighted by atomic mass is 79.9. The number of hydrogen-bond acceptors (Lipinski definition) is 2. The Bertz CT molecular complexity index is 253. The molecule has 1 aromatic heterocycles. The molecule has 1 atom stereocenters.